The van der Waals surface area contributed by atoms with Crippen LogP contribution in [-0.4, -0.2) is 25.9 Å². The van der Waals surface area contributed by atoms with E-state index in [4.69, 9.17) is 9.47 Å². The van der Waals surface area contributed by atoms with Crippen molar-refractivity contribution in [2.24, 2.45) is 17.8 Å². The third-order valence-corrected chi connectivity index (χ3v) is 7.33. The Bertz CT molecular complexity index is 1160. The van der Waals surface area contributed by atoms with Crippen LogP contribution in [0.25, 0.3) is 17.2 Å². The molecule has 1 aliphatic carbocycles. The van der Waals surface area contributed by atoms with E-state index in [-0.39, 0.29) is 17.8 Å². The molecular weight excluding hydrogens is 548 g/mol. The zero-order valence-corrected chi connectivity index (χ0v) is 21.8. The molecule has 2 fully saturated rings. The number of hydrogen-bond acceptors (Lipinski definition) is 3. The summed E-state index contributed by atoms with van der Waals surface area (Å²) in [6.07, 6.45) is -1.73. The molecule has 220 valence electrons. The molecule has 0 unspecified atom stereocenters. The van der Waals surface area contributed by atoms with Crippen molar-refractivity contribution in [3.8, 4) is 11.1 Å². The number of hydrogen-bond donors (Lipinski definition) is 0. The molecule has 0 N–H and O–H groups in total. The first kappa shape index (κ1) is 30.5. The average molecular weight is 579 g/mol. The van der Waals surface area contributed by atoms with Crippen molar-refractivity contribution in [2.45, 2.75) is 64.2 Å². The minimum atomic E-state index is -5.84. The van der Waals surface area contributed by atoms with Gasteiger partial charge >= 0.3 is 12.5 Å². The lowest BCUT2D eigenvalue weighted by Crippen LogP contribution is -2.38. The van der Waals surface area contributed by atoms with E-state index in [0.29, 0.717) is 29.5 Å². The highest BCUT2D eigenvalue weighted by molar-refractivity contribution is 5.67. The second-order valence-electron chi connectivity index (χ2n) is 10.3. The molecule has 0 spiro atoms. The Morgan fingerprint density at radius 3 is 2.05 bits per heavy atom. The number of benzene rings is 2. The van der Waals surface area contributed by atoms with Crippen LogP contribution in [0.3, 0.4) is 0 Å². The van der Waals surface area contributed by atoms with Gasteiger partial charge in [-0.2, -0.15) is 8.78 Å². The van der Waals surface area contributed by atoms with E-state index >= 15 is 0 Å². The largest absolute Gasteiger partial charge is 0.527 e. The molecule has 0 amide bonds. The number of alkyl halides is 5. The fourth-order valence-electron chi connectivity index (χ4n) is 5.33. The maximum atomic E-state index is 14.8. The van der Waals surface area contributed by atoms with E-state index in [1.807, 2.05) is 6.08 Å². The van der Waals surface area contributed by atoms with E-state index in [0.717, 1.165) is 57.8 Å². The van der Waals surface area contributed by atoms with E-state index in [2.05, 4.69) is 11.7 Å². The summed E-state index contributed by atoms with van der Waals surface area (Å²) in [6.45, 7) is 3.59. The fourth-order valence-corrected chi connectivity index (χ4v) is 5.33. The molecule has 0 bridgehead atoms. The first-order chi connectivity index (χ1) is 18.9. The van der Waals surface area contributed by atoms with Crippen LogP contribution >= 0.6 is 0 Å². The smallest absolute Gasteiger partial charge is 0.352 e. The molecule has 0 radical (unpaired) electrons. The van der Waals surface area contributed by atoms with Gasteiger partial charge in [-0.1, -0.05) is 37.6 Å². The van der Waals surface area contributed by atoms with Crippen molar-refractivity contribution >= 4 is 6.08 Å². The first-order valence-electron chi connectivity index (χ1n) is 13.2. The zero-order valence-electron chi connectivity index (χ0n) is 21.8. The highest BCUT2D eigenvalue weighted by Crippen LogP contribution is 2.40. The number of rotatable bonds is 8. The van der Waals surface area contributed by atoms with Crippen molar-refractivity contribution in [2.75, 3.05) is 13.2 Å². The molecule has 2 aromatic rings. The zero-order chi connectivity index (χ0) is 29.1. The Balaban J connectivity index is 1.37. The maximum Gasteiger partial charge on any atom is 0.527 e. The third-order valence-electron chi connectivity index (χ3n) is 7.33. The quantitative estimate of drug-likeness (QED) is 0.293. The molecule has 2 aliphatic rings. The molecule has 3 nitrogen and oxygen atoms in total. The van der Waals surface area contributed by atoms with Gasteiger partial charge in [-0.05, 0) is 67.3 Å². The molecule has 1 heterocycles. The maximum absolute atomic E-state index is 14.8. The SMILES string of the molecule is CCCC1COC(C2CCC(/C=C/c3ccc(-c4cc(F)c(C(F)(F)OC(F)(F)F)c(F)c4)c(F)c3)CC2)OC1. The fraction of sp³-hybridized carbons (Fsp3) is 0.517. The van der Waals surface area contributed by atoms with Crippen LogP contribution in [0.2, 0.25) is 0 Å². The Labute approximate surface area is 227 Å². The van der Waals surface area contributed by atoms with Gasteiger partial charge < -0.3 is 9.47 Å². The van der Waals surface area contributed by atoms with Crippen molar-refractivity contribution in [1.82, 2.24) is 0 Å². The van der Waals surface area contributed by atoms with E-state index in [9.17, 15) is 35.1 Å². The van der Waals surface area contributed by atoms with Gasteiger partial charge in [0, 0.05) is 17.4 Å². The molecule has 4 rings (SSSR count). The molecule has 1 saturated carbocycles. The van der Waals surface area contributed by atoms with Gasteiger partial charge in [0.25, 0.3) is 0 Å². The molecule has 1 saturated heterocycles. The standard InChI is InChI=1S/C29H30F8O3/c1-2-3-19-15-38-27(39-16-19)20-9-6-17(7-10-20)4-5-18-8-11-22(23(30)12-18)21-13-24(31)26(25(32)14-21)28(33,34)40-29(35,36)37/h4-5,8,11-14,17,19-20,27H,2-3,6-7,9-10,15-16H2,1H3/b5-4+. The Hall–Kier alpha value is -2.50. The van der Waals surface area contributed by atoms with Crippen molar-refractivity contribution in [3.63, 3.8) is 0 Å². The highest BCUT2D eigenvalue weighted by Gasteiger charge is 2.49. The summed E-state index contributed by atoms with van der Waals surface area (Å²) in [5, 5.41) is 0. The first-order valence-corrected chi connectivity index (χ1v) is 13.2. The van der Waals surface area contributed by atoms with Gasteiger partial charge in [0.2, 0.25) is 0 Å². The predicted molar refractivity (Wildman–Crippen MR) is 131 cm³/mol. The topological polar surface area (TPSA) is 27.7 Å². The van der Waals surface area contributed by atoms with Gasteiger partial charge in [0.1, 0.15) is 23.0 Å². The lowest BCUT2D eigenvalue weighted by Gasteiger charge is -2.37. The van der Waals surface area contributed by atoms with Gasteiger partial charge in [-0.3, -0.25) is 0 Å². The van der Waals surface area contributed by atoms with Gasteiger partial charge in [-0.25, -0.2) is 17.9 Å². The lowest BCUT2D eigenvalue weighted by atomic mass is 9.81. The van der Waals surface area contributed by atoms with Crippen molar-refractivity contribution in [1.29, 1.82) is 0 Å². The molecule has 40 heavy (non-hydrogen) atoms. The average Bonchev–Trinajstić information content (AvgIpc) is 2.86. The van der Waals surface area contributed by atoms with E-state index < -0.39 is 41.0 Å². The second-order valence-corrected chi connectivity index (χ2v) is 10.3. The molecular formula is C29H30F8O3. The number of allylic oxidation sites excluding steroid dienone is 1. The molecule has 0 aromatic heterocycles. The number of halogens is 8. The number of ether oxygens (including phenoxy) is 3. The van der Waals surface area contributed by atoms with Crippen LogP contribution in [0.4, 0.5) is 35.1 Å². The molecule has 1 aliphatic heterocycles. The van der Waals surface area contributed by atoms with Gasteiger partial charge in [0.15, 0.2) is 6.29 Å². The minimum absolute atomic E-state index is 0.174. The van der Waals surface area contributed by atoms with Crippen LogP contribution in [0, 0.1) is 35.2 Å². The summed E-state index contributed by atoms with van der Waals surface area (Å²) in [4.78, 5) is 0. The summed E-state index contributed by atoms with van der Waals surface area (Å²) in [5.74, 6) is -3.85. The van der Waals surface area contributed by atoms with Gasteiger partial charge in [0.05, 0.1) is 13.2 Å². The summed E-state index contributed by atoms with van der Waals surface area (Å²) >= 11 is 0. The summed E-state index contributed by atoms with van der Waals surface area (Å²) < 4.78 is 122. The van der Waals surface area contributed by atoms with Crippen LogP contribution in [0.5, 0.6) is 0 Å². The van der Waals surface area contributed by atoms with Crippen LogP contribution < -0.4 is 0 Å². The Morgan fingerprint density at radius 2 is 1.50 bits per heavy atom. The second kappa shape index (κ2) is 12.6. The monoisotopic (exact) mass is 578 g/mol. The van der Waals surface area contributed by atoms with E-state index in [1.165, 1.54) is 12.1 Å². The molecule has 2 aromatic carbocycles. The third kappa shape index (κ3) is 7.61. The Morgan fingerprint density at radius 1 is 0.875 bits per heavy atom. The summed E-state index contributed by atoms with van der Waals surface area (Å²) in [7, 11) is 0. The van der Waals surface area contributed by atoms with Crippen LogP contribution in [0.15, 0.2) is 36.4 Å². The van der Waals surface area contributed by atoms with Crippen molar-refractivity contribution < 1.29 is 49.3 Å². The Kier molecular flexibility index (Phi) is 9.57. The molecule has 11 heteroatoms. The van der Waals surface area contributed by atoms with Gasteiger partial charge in [-0.15, -0.1) is 13.2 Å². The minimum Gasteiger partial charge on any atom is -0.352 e. The summed E-state index contributed by atoms with van der Waals surface area (Å²) in [6, 6.07) is 4.50. The molecule has 0 atom stereocenters. The summed E-state index contributed by atoms with van der Waals surface area (Å²) in [5.41, 5.74) is -2.51. The highest BCUT2D eigenvalue weighted by atomic mass is 19.4. The predicted octanol–water partition coefficient (Wildman–Crippen LogP) is 8.97. The van der Waals surface area contributed by atoms with Crippen LogP contribution in [0.1, 0.15) is 56.6 Å². The van der Waals surface area contributed by atoms with Crippen LogP contribution in [-0.2, 0) is 20.3 Å². The normalized spacial score (nSPS) is 24.5. The van der Waals surface area contributed by atoms with E-state index in [1.54, 1.807) is 6.08 Å². The van der Waals surface area contributed by atoms with Crippen molar-refractivity contribution in [3.05, 3.63) is 65.0 Å². The lowest BCUT2D eigenvalue weighted by molar-refractivity contribution is -0.432.